The summed E-state index contributed by atoms with van der Waals surface area (Å²) in [5.41, 5.74) is 1.74. The second kappa shape index (κ2) is 7.21. The highest BCUT2D eigenvalue weighted by molar-refractivity contribution is 5.92. The molecule has 1 amide bonds. The Labute approximate surface area is 113 Å². The number of rotatable bonds is 8. The number of ether oxygens (including phenoxy) is 1. The topological polar surface area (TPSA) is 63.2 Å². The van der Waals surface area contributed by atoms with Crippen molar-refractivity contribution in [3.05, 3.63) is 29.6 Å². The van der Waals surface area contributed by atoms with E-state index >= 15 is 0 Å². The highest BCUT2D eigenvalue weighted by Gasteiger charge is 2.23. The van der Waals surface area contributed by atoms with Crippen molar-refractivity contribution in [3.8, 4) is 0 Å². The first-order valence-electron chi connectivity index (χ1n) is 6.75. The maximum absolute atomic E-state index is 11.8. The fourth-order valence-electron chi connectivity index (χ4n) is 1.85. The van der Waals surface area contributed by atoms with E-state index in [-0.39, 0.29) is 5.91 Å². The van der Waals surface area contributed by atoms with Crippen molar-refractivity contribution >= 4 is 5.91 Å². The molecule has 0 radical (unpaired) electrons. The van der Waals surface area contributed by atoms with Crippen molar-refractivity contribution in [1.82, 2.24) is 15.6 Å². The average molecular weight is 263 g/mol. The number of hydrogen-bond acceptors (Lipinski definition) is 4. The van der Waals surface area contributed by atoms with Crippen molar-refractivity contribution in [2.24, 2.45) is 0 Å². The summed E-state index contributed by atoms with van der Waals surface area (Å²) >= 11 is 0. The molecule has 1 aromatic heterocycles. The molecule has 0 bridgehead atoms. The Hall–Kier alpha value is -1.46. The predicted molar refractivity (Wildman–Crippen MR) is 73.3 cm³/mol. The third-order valence-electron chi connectivity index (χ3n) is 3.14. The molecular formula is C14H21N3O2. The summed E-state index contributed by atoms with van der Waals surface area (Å²) in [6, 6.07) is 3.82. The van der Waals surface area contributed by atoms with E-state index in [0.29, 0.717) is 24.8 Å². The number of hydrogen-bond donors (Lipinski definition) is 2. The Balaban J connectivity index is 1.67. The lowest BCUT2D eigenvalue weighted by atomic mass is 10.2. The van der Waals surface area contributed by atoms with Gasteiger partial charge in [-0.05, 0) is 30.4 Å². The number of carbonyl (C=O) groups excluding carboxylic acids is 1. The summed E-state index contributed by atoms with van der Waals surface area (Å²) in [4.78, 5) is 16.0. The van der Waals surface area contributed by atoms with E-state index in [0.717, 1.165) is 13.1 Å². The van der Waals surface area contributed by atoms with Crippen molar-refractivity contribution in [1.29, 1.82) is 0 Å². The minimum Gasteiger partial charge on any atom is -0.383 e. The van der Waals surface area contributed by atoms with Crippen molar-refractivity contribution in [2.45, 2.75) is 18.8 Å². The van der Waals surface area contributed by atoms with E-state index < -0.39 is 0 Å². The van der Waals surface area contributed by atoms with Gasteiger partial charge in [-0.1, -0.05) is 6.07 Å². The maximum atomic E-state index is 11.8. The molecule has 5 nitrogen and oxygen atoms in total. The predicted octanol–water partition coefficient (Wildman–Crippen LogP) is 0.925. The van der Waals surface area contributed by atoms with E-state index in [2.05, 4.69) is 15.6 Å². The zero-order valence-corrected chi connectivity index (χ0v) is 11.3. The molecule has 1 aliphatic rings. The Kier molecular flexibility index (Phi) is 5.30. The largest absolute Gasteiger partial charge is 0.383 e. The summed E-state index contributed by atoms with van der Waals surface area (Å²) in [6.07, 6.45) is 4.32. The molecule has 1 fully saturated rings. The number of aromatic nitrogens is 1. The van der Waals surface area contributed by atoms with Gasteiger partial charge in [0, 0.05) is 32.9 Å². The van der Waals surface area contributed by atoms with Crippen LogP contribution in [0.25, 0.3) is 0 Å². The minimum atomic E-state index is -0.115. The molecule has 2 N–H and O–H groups in total. The number of carbonyl (C=O) groups is 1. The molecule has 0 spiro atoms. The Morgan fingerprint density at radius 2 is 2.21 bits per heavy atom. The highest BCUT2D eigenvalue weighted by atomic mass is 16.5. The van der Waals surface area contributed by atoms with Crippen molar-refractivity contribution in [3.63, 3.8) is 0 Å². The number of amides is 1. The first kappa shape index (κ1) is 14.0. The van der Waals surface area contributed by atoms with Crippen LogP contribution in [-0.4, -0.2) is 44.2 Å². The second-order valence-corrected chi connectivity index (χ2v) is 4.75. The van der Waals surface area contributed by atoms with Gasteiger partial charge in [-0.25, -0.2) is 0 Å². The second-order valence-electron chi connectivity index (χ2n) is 4.75. The molecule has 0 atom stereocenters. The molecule has 5 heteroatoms. The highest BCUT2D eigenvalue weighted by Crippen LogP contribution is 2.39. The first-order valence-corrected chi connectivity index (χ1v) is 6.75. The van der Waals surface area contributed by atoms with Gasteiger partial charge < -0.3 is 15.4 Å². The van der Waals surface area contributed by atoms with Crippen molar-refractivity contribution < 1.29 is 9.53 Å². The SMILES string of the molecule is COCCNCCNC(=O)c1ccc(C2CC2)cn1. The lowest BCUT2D eigenvalue weighted by Gasteiger charge is -2.06. The van der Waals surface area contributed by atoms with Crippen LogP contribution >= 0.6 is 0 Å². The van der Waals surface area contributed by atoms with Gasteiger partial charge in [0.25, 0.3) is 5.91 Å². The fourth-order valence-corrected chi connectivity index (χ4v) is 1.85. The Morgan fingerprint density at radius 3 is 2.84 bits per heavy atom. The maximum Gasteiger partial charge on any atom is 0.269 e. The number of nitrogens with one attached hydrogen (secondary N) is 2. The summed E-state index contributed by atoms with van der Waals surface area (Å²) < 4.78 is 4.91. The first-order chi connectivity index (χ1) is 9.31. The van der Waals surface area contributed by atoms with Crippen LogP contribution in [-0.2, 0) is 4.74 Å². The van der Waals surface area contributed by atoms with Gasteiger partial charge in [0.05, 0.1) is 6.61 Å². The molecule has 0 unspecified atom stereocenters. The zero-order chi connectivity index (χ0) is 13.5. The van der Waals surface area contributed by atoms with Crippen LogP contribution in [0.2, 0.25) is 0 Å². The van der Waals surface area contributed by atoms with E-state index in [4.69, 9.17) is 4.74 Å². The summed E-state index contributed by atoms with van der Waals surface area (Å²) in [7, 11) is 1.67. The van der Waals surface area contributed by atoms with E-state index in [1.807, 2.05) is 12.3 Å². The van der Waals surface area contributed by atoms with E-state index in [1.54, 1.807) is 13.2 Å². The van der Waals surface area contributed by atoms with Crippen LogP contribution in [0.3, 0.4) is 0 Å². The van der Waals surface area contributed by atoms with Crippen molar-refractivity contribution in [2.75, 3.05) is 33.4 Å². The van der Waals surface area contributed by atoms with Crippen LogP contribution in [0.1, 0.15) is 34.8 Å². The van der Waals surface area contributed by atoms with Gasteiger partial charge in [0.2, 0.25) is 0 Å². The van der Waals surface area contributed by atoms with Crippen LogP contribution in [0.15, 0.2) is 18.3 Å². The summed E-state index contributed by atoms with van der Waals surface area (Å²) in [6.45, 7) is 2.79. The molecule has 1 aliphatic carbocycles. The van der Waals surface area contributed by atoms with Crippen LogP contribution in [0.4, 0.5) is 0 Å². The van der Waals surface area contributed by atoms with E-state index in [1.165, 1.54) is 18.4 Å². The number of pyridine rings is 1. The number of nitrogens with zero attached hydrogens (tertiary/aromatic N) is 1. The third kappa shape index (κ3) is 4.61. The zero-order valence-electron chi connectivity index (χ0n) is 11.3. The van der Waals surface area contributed by atoms with Crippen LogP contribution in [0.5, 0.6) is 0 Å². The van der Waals surface area contributed by atoms with Gasteiger partial charge in [-0.2, -0.15) is 0 Å². The fraction of sp³-hybridized carbons (Fsp3) is 0.571. The molecule has 1 saturated carbocycles. The van der Waals surface area contributed by atoms with Gasteiger partial charge >= 0.3 is 0 Å². The molecule has 1 aromatic rings. The lowest BCUT2D eigenvalue weighted by Crippen LogP contribution is -2.33. The number of methoxy groups -OCH3 is 1. The average Bonchev–Trinajstić information content (AvgIpc) is 3.27. The molecular weight excluding hydrogens is 242 g/mol. The molecule has 0 aromatic carbocycles. The monoisotopic (exact) mass is 263 g/mol. The summed E-state index contributed by atoms with van der Waals surface area (Å²) in [5, 5.41) is 6.00. The quantitative estimate of drug-likeness (QED) is 0.685. The van der Waals surface area contributed by atoms with Gasteiger partial charge in [-0.15, -0.1) is 0 Å². The van der Waals surface area contributed by atoms with Gasteiger partial charge in [0.15, 0.2) is 0 Å². The molecule has 104 valence electrons. The van der Waals surface area contributed by atoms with Crippen LogP contribution in [0, 0.1) is 0 Å². The normalized spacial score (nSPS) is 14.4. The van der Waals surface area contributed by atoms with E-state index in [9.17, 15) is 4.79 Å². The van der Waals surface area contributed by atoms with Gasteiger partial charge in [-0.3, -0.25) is 9.78 Å². The smallest absolute Gasteiger partial charge is 0.269 e. The summed E-state index contributed by atoms with van der Waals surface area (Å²) in [5.74, 6) is 0.561. The van der Waals surface area contributed by atoms with Gasteiger partial charge in [0.1, 0.15) is 5.69 Å². The lowest BCUT2D eigenvalue weighted by molar-refractivity contribution is 0.0948. The Bertz CT molecular complexity index is 402. The third-order valence-corrected chi connectivity index (χ3v) is 3.14. The van der Waals surface area contributed by atoms with Crippen LogP contribution < -0.4 is 10.6 Å². The molecule has 2 rings (SSSR count). The molecule has 19 heavy (non-hydrogen) atoms. The molecule has 0 aliphatic heterocycles. The molecule has 1 heterocycles. The minimum absolute atomic E-state index is 0.115. The molecule has 0 saturated heterocycles. The standard InChI is InChI=1S/C14H21N3O2/c1-19-9-8-15-6-7-16-14(18)13-5-4-12(10-17-13)11-2-3-11/h4-5,10-11,15H,2-3,6-9H2,1H3,(H,16,18). The Morgan fingerprint density at radius 1 is 1.37 bits per heavy atom.